The van der Waals surface area contributed by atoms with Gasteiger partial charge in [-0.15, -0.1) is 0 Å². The van der Waals surface area contributed by atoms with Crippen molar-refractivity contribution in [1.29, 1.82) is 0 Å². The van der Waals surface area contributed by atoms with Crippen molar-refractivity contribution in [2.24, 2.45) is 11.8 Å². The number of nitrogens with one attached hydrogen (secondary N) is 2. The Morgan fingerprint density at radius 3 is 2.56 bits per heavy atom. The fraction of sp³-hybridized carbons (Fsp3) is 0.536. The van der Waals surface area contributed by atoms with Gasteiger partial charge in [0.1, 0.15) is 5.66 Å². The number of piperidine rings is 1. The lowest BCUT2D eigenvalue weighted by Crippen LogP contribution is -2.59. The van der Waals surface area contributed by atoms with Gasteiger partial charge in [0.25, 0.3) is 0 Å². The molecule has 0 aromatic heterocycles. The molecule has 5 rings (SSSR count). The zero-order chi connectivity index (χ0) is 23.7. The molecule has 3 aliphatic heterocycles. The van der Waals surface area contributed by atoms with Gasteiger partial charge in [-0.2, -0.15) is 0 Å². The lowest BCUT2D eigenvalue weighted by atomic mass is 9.84. The van der Waals surface area contributed by atoms with Crippen LogP contribution in [0.3, 0.4) is 0 Å². The number of fused-ring (bicyclic) bond motifs is 1. The maximum absolute atomic E-state index is 13.2. The van der Waals surface area contributed by atoms with E-state index in [4.69, 9.17) is 0 Å². The van der Waals surface area contributed by atoms with Crippen molar-refractivity contribution in [3.05, 3.63) is 60.1 Å². The third kappa shape index (κ3) is 4.30. The van der Waals surface area contributed by atoms with Gasteiger partial charge >= 0.3 is 6.03 Å². The van der Waals surface area contributed by atoms with Crippen LogP contribution in [0.1, 0.15) is 51.9 Å². The number of hydrogen-bond donors (Lipinski definition) is 2. The van der Waals surface area contributed by atoms with Crippen LogP contribution in [0.2, 0.25) is 0 Å². The largest absolute Gasteiger partial charge is 0.378 e. The first-order valence-electron chi connectivity index (χ1n) is 13.0. The number of hydrogen-bond acceptors (Lipinski definition) is 4. The quantitative estimate of drug-likeness (QED) is 0.622. The monoisotopic (exact) mass is 461 g/mol. The number of urea groups is 1. The van der Waals surface area contributed by atoms with Crippen LogP contribution in [0.15, 0.2) is 60.1 Å². The van der Waals surface area contributed by atoms with Crippen molar-refractivity contribution in [3.63, 3.8) is 0 Å². The van der Waals surface area contributed by atoms with Crippen molar-refractivity contribution in [1.82, 2.24) is 15.1 Å². The fourth-order valence-electron chi connectivity index (χ4n) is 6.13. The Bertz CT molecular complexity index is 989. The highest BCUT2D eigenvalue weighted by molar-refractivity contribution is 5.89. The predicted octanol–water partition coefficient (Wildman–Crippen LogP) is 5.49. The number of nitrogens with zero attached hydrogens (tertiary/aromatic N) is 3. The molecule has 1 unspecified atom stereocenters. The van der Waals surface area contributed by atoms with Crippen LogP contribution in [0.5, 0.6) is 0 Å². The summed E-state index contributed by atoms with van der Waals surface area (Å²) in [5, 5.41) is 7.13. The van der Waals surface area contributed by atoms with Gasteiger partial charge in [-0.05, 0) is 69.0 Å². The molecular weight excluding hydrogens is 422 g/mol. The van der Waals surface area contributed by atoms with Crippen molar-refractivity contribution >= 4 is 17.4 Å². The number of rotatable bonds is 4. The van der Waals surface area contributed by atoms with E-state index in [0.29, 0.717) is 11.8 Å². The summed E-state index contributed by atoms with van der Waals surface area (Å²) in [5.74, 6) is 0.965. The maximum atomic E-state index is 13.2. The lowest BCUT2D eigenvalue weighted by Gasteiger charge is -2.47. The molecule has 6 heteroatoms. The molecule has 4 aliphatic rings. The highest BCUT2D eigenvalue weighted by Crippen LogP contribution is 2.44. The van der Waals surface area contributed by atoms with Crippen LogP contribution in [0.25, 0.3) is 0 Å². The van der Waals surface area contributed by atoms with E-state index in [1.54, 1.807) is 0 Å². The summed E-state index contributed by atoms with van der Waals surface area (Å²) in [6.45, 7) is 3.89. The maximum Gasteiger partial charge on any atom is 0.321 e. The normalized spacial score (nSPS) is 27.0. The van der Waals surface area contributed by atoms with Gasteiger partial charge in [0.2, 0.25) is 0 Å². The van der Waals surface area contributed by atoms with Crippen molar-refractivity contribution in [2.75, 3.05) is 37.4 Å². The molecule has 34 heavy (non-hydrogen) atoms. The fourth-order valence-corrected chi connectivity index (χ4v) is 6.13. The minimum atomic E-state index is -0.213. The van der Waals surface area contributed by atoms with E-state index in [0.717, 1.165) is 37.3 Å². The molecule has 1 aliphatic carbocycles. The average molecular weight is 462 g/mol. The Hall–Kier alpha value is -2.89. The summed E-state index contributed by atoms with van der Waals surface area (Å²) in [6, 6.07) is 8.03. The van der Waals surface area contributed by atoms with Crippen molar-refractivity contribution < 1.29 is 4.79 Å². The van der Waals surface area contributed by atoms with Crippen LogP contribution in [0, 0.1) is 11.8 Å². The van der Waals surface area contributed by atoms with Gasteiger partial charge in [0.05, 0.1) is 5.70 Å². The summed E-state index contributed by atoms with van der Waals surface area (Å²) in [4.78, 5) is 19.7. The molecule has 0 spiro atoms. The molecule has 6 nitrogen and oxygen atoms in total. The van der Waals surface area contributed by atoms with Crippen molar-refractivity contribution in [2.45, 2.75) is 57.5 Å². The zero-order valence-corrected chi connectivity index (χ0v) is 20.9. The van der Waals surface area contributed by atoms with E-state index in [9.17, 15) is 4.79 Å². The molecule has 2 atom stereocenters. The van der Waals surface area contributed by atoms with Gasteiger partial charge in [-0.25, -0.2) is 4.79 Å². The molecule has 1 saturated carbocycles. The number of amides is 2. The Morgan fingerprint density at radius 1 is 1.06 bits per heavy atom. The van der Waals surface area contributed by atoms with E-state index >= 15 is 0 Å². The summed E-state index contributed by atoms with van der Waals surface area (Å²) >= 11 is 0. The summed E-state index contributed by atoms with van der Waals surface area (Å²) < 4.78 is 0. The molecule has 1 aromatic carbocycles. The summed E-state index contributed by atoms with van der Waals surface area (Å²) in [7, 11) is 4.04. The Balaban J connectivity index is 1.29. The van der Waals surface area contributed by atoms with E-state index in [2.05, 4.69) is 51.8 Å². The number of likely N-dealkylation sites (tertiary alicyclic amines) is 1. The molecule has 2 fully saturated rings. The van der Waals surface area contributed by atoms with Crippen molar-refractivity contribution in [3.8, 4) is 0 Å². The molecular formula is C28H39N5O. The number of carbonyl (C=O) groups excluding carboxylic acids is 1. The first kappa shape index (κ1) is 22.9. The SMILES string of the molecule is CN(C)c1ccc(NC(=O)N2CCC[C@@H](C3(C)NC(C4CCCCC4)=C4C=CC=CN43)C2)cc1. The predicted molar refractivity (Wildman–Crippen MR) is 139 cm³/mol. The summed E-state index contributed by atoms with van der Waals surface area (Å²) in [5.41, 5.74) is 4.51. The highest BCUT2D eigenvalue weighted by Gasteiger charge is 2.48. The number of benzene rings is 1. The van der Waals surface area contributed by atoms with Crippen LogP contribution in [-0.2, 0) is 0 Å². The minimum absolute atomic E-state index is 0.00123. The molecule has 2 amide bonds. The van der Waals surface area contributed by atoms with Gasteiger partial charge < -0.3 is 25.3 Å². The van der Waals surface area contributed by atoms with Gasteiger partial charge in [-0.3, -0.25) is 0 Å². The van der Waals surface area contributed by atoms with Crippen LogP contribution >= 0.6 is 0 Å². The first-order chi connectivity index (χ1) is 16.5. The van der Waals surface area contributed by atoms with Gasteiger partial charge in [0.15, 0.2) is 0 Å². The zero-order valence-electron chi connectivity index (χ0n) is 20.9. The standard InChI is InChI=1S/C28H39N5O/c1-28(30-26(21-10-5-4-6-11-21)25-13-7-8-19-33(25)28)22-12-9-18-32(20-22)27(34)29-23-14-16-24(17-15-23)31(2)3/h7-8,13-17,19,21-22,30H,4-6,9-12,18,20H2,1-3H3,(H,29,34)/t22-,28?/m1/s1. The second-order valence-corrected chi connectivity index (χ2v) is 10.6. The van der Waals surface area contributed by atoms with Crippen LogP contribution in [0.4, 0.5) is 16.2 Å². The van der Waals surface area contributed by atoms with Crippen LogP contribution < -0.4 is 15.5 Å². The highest BCUT2D eigenvalue weighted by atomic mass is 16.2. The first-order valence-corrected chi connectivity index (χ1v) is 13.0. The lowest BCUT2D eigenvalue weighted by molar-refractivity contribution is 0.0645. The molecule has 2 N–H and O–H groups in total. The Morgan fingerprint density at radius 2 is 1.82 bits per heavy atom. The topological polar surface area (TPSA) is 50.9 Å². The second-order valence-electron chi connectivity index (χ2n) is 10.6. The molecule has 0 bridgehead atoms. The molecule has 182 valence electrons. The number of allylic oxidation sites excluding steroid dienone is 4. The summed E-state index contributed by atoms with van der Waals surface area (Å²) in [6.07, 6.45) is 17.5. The average Bonchev–Trinajstić information content (AvgIpc) is 3.19. The smallest absolute Gasteiger partial charge is 0.321 e. The van der Waals surface area contributed by atoms with E-state index in [1.165, 1.54) is 43.5 Å². The van der Waals surface area contributed by atoms with Crippen LogP contribution in [-0.4, -0.2) is 48.7 Å². The van der Waals surface area contributed by atoms with E-state index < -0.39 is 0 Å². The van der Waals surface area contributed by atoms with Gasteiger partial charge in [-0.1, -0.05) is 25.3 Å². The number of carbonyl (C=O) groups is 1. The van der Waals surface area contributed by atoms with E-state index in [-0.39, 0.29) is 11.7 Å². The Kier molecular flexibility index (Phi) is 6.32. The molecule has 3 heterocycles. The minimum Gasteiger partial charge on any atom is -0.378 e. The third-order valence-corrected chi connectivity index (χ3v) is 8.18. The molecule has 1 saturated heterocycles. The second kappa shape index (κ2) is 9.40. The number of anilines is 2. The van der Waals surface area contributed by atoms with Gasteiger partial charge in [0, 0.05) is 62.3 Å². The third-order valence-electron chi connectivity index (χ3n) is 8.18. The molecule has 1 aromatic rings. The molecule has 0 radical (unpaired) electrons. The van der Waals surface area contributed by atoms with E-state index in [1.807, 2.05) is 43.3 Å². The Labute approximate surface area is 204 Å².